The Hall–Kier alpha value is -4.19. The van der Waals surface area contributed by atoms with Crippen molar-refractivity contribution in [1.29, 1.82) is 0 Å². The van der Waals surface area contributed by atoms with E-state index in [1.807, 2.05) is 0 Å². The molecule has 0 saturated carbocycles. The first-order valence-electron chi connectivity index (χ1n) is 12.4. The topological polar surface area (TPSA) is 51.2 Å². The van der Waals surface area contributed by atoms with E-state index >= 15 is 0 Å². The molecule has 0 aliphatic heterocycles. The number of carbonyl (C=O) groups excluding carboxylic acids is 1. The van der Waals surface area contributed by atoms with Crippen LogP contribution in [0.25, 0.3) is 0 Å². The molecule has 1 N–H and O–H groups in total. The molecule has 1 atom stereocenters. The third-order valence-corrected chi connectivity index (χ3v) is 6.70. The maximum atomic E-state index is 15.0. The van der Waals surface area contributed by atoms with Crippen molar-refractivity contribution in [2.45, 2.75) is 37.6 Å². The number of halogens is 9. The molecule has 0 spiro atoms. The number of benzene rings is 3. The maximum Gasteiger partial charge on any atom is 0.461 e. The summed E-state index contributed by atoms with van der Waals surface area (Å²) < 4.78 is 113. The van der Waals surface area contributed by atoms with Gasteiger partial charge in [-0.2, -0.15) is 30.7 Å². The summed E-state index contributed by atoms with van der Waals surface area (Å²) in [5.41, 5.74) is -3.46. The molecule has 4 rings (SSSR count). The Morgan fingerprint density at radius 3 is 2.26 bits per heavy atom. The number of alkyl halides is 7. The van der Waals surface area contributed by atoms with E-state index < -0.39 is 52.9 Å². The molecule has 1 heterocycles. The minimum Gasteiger partial charge on any atom is -0.428 e. The van der Waals surface area contributed by atoms with Crippen molar-refractivity contribution in [2.75, 3.05) is 0 Å². The first-order valence-corrected chi connectivity index (χ1v) is 12.8. The van der Waals surface area contributed by atoms with Gasteiger partial charge in [0, 0.05) is 24.2 Å². The van der Waals surface area contributed by atoms with Gasteiger partial charge >= 0.3 is 18.7 Å². The van der Waals surface area contributed by atoms with E-state index in [2.05, 4.69) is 15.0 Å². The number of hydrogen-bond acceptors (Lipinski definition) is 3. The summed E-state index contributed by atoms with van der Waals surface area (Å²) in [5.74, 6) is -3.27. The van der Waals surface area contributed by atoms with Crippen molar-refractivity contribution < 1.29 is 44.7 Å². The largest absolute Gasteiger partial charge is 0.461 e. The molecular formula is C30H21ClF8N2O2. The second-order valence-corrected chi connectivity index (χ2v) is 9.99. The molecular weight excluding hydrogens is 608 g/mol. The van der Waals surface area contributed by atoms with Crippen LogP contribution in [0.5, 0.6) is 5.75 Å². The van der Waals surface area contributed by atoms with Gasteiger partial charge in [-0.3, -0.25) is 9.78 Å². The fraction of sp³-hybridized carbons (Fsp3) is 0.200. The van der Waals surface area contributed by atoms with Crippen LogP contribution in [-0.2, 0) is 18.1 Å². The summed E-state index contributed by atoms with van der Waals surface area (Å²) in [7, 11) is 0. The second-order valence-electron chi connectivity index (χ2n) is 9.55. The molecule has 13 heteroatoms. The van der Waals surface area contributed by atoms with Crippen molar-refractivity contribution >= 4 is 17.5 Å². The molecule has 0 bridgehead atoms. The molecule has 1 amide bonds. The average Bonchev–Trinajstić information content (AvgIpc) is 2.92. The third kappa shape index (κ3) is 7.24. The fourth-order valence-electron chi connectivity index (χ4n) is 4.46. The zero-order valence-corrected chi connectivity index (χ0v) is 22.8. The highest BCUT2D eigenvalue weighted by molar-refractivity contribution is 6.30. The Labute approximate surface area is 245 Å². The van der Waals surface area contributed by atoms with Gasteiger partial charge in [-0.1, -0.05) is 48.0 Å². The molecule has 0 fully saturated rings. The summed E-state index contributed by atoms with van der Waals surface area (Å²) >= 11 is 6.01. The van der Waals surface area contributed by atoms with E-state index in [0.29, 0.717) is 17.7 Å². The lowest BCUT2D eigenvalue weighted by atomic mass is 9.80. The number of pyridine rings is 1. The summed E-state index contributed by atoms with van der Waals surface area (Å²) in [4.78, 5) is 17.9. The number of nitrogens with one attached hydrogen (secondary N) is 1. The van der Waals surface area contributed by atoms with Crippen molar-refractivity contribution in [3.8, 4) is 5.75 Å². The average molecular weight is 629 g/mol. The van der Waals surface area contributed by atoms with Crippen molar-refractivity contribution in [2.24, 2.45) is 0 Å². The van der Waals surface area contributed by atoms with Crippen LogP contribution < -0.4 is 10.1 Å². The molecule has 0 aliphatic rings. The Bertz CT molecular complexity index is 1600. The number of hydrogen-bond donors (Lipinski definition) is 1. The van der Waals surface area contributed by atoms with Gasteiger partial charge in [0.25, 0.3) is 5.91 Å². The number of aromatic nitrogens is 1. The quantitative estimate of drug-likeness (QED) is 0.190. The molecule has 4 aromatic rings. The Morgan fingerprint density at radius 1 is 0.953 bits per heavy atom. The minimum absolute atomic E-state index is 0.0329. The summed E-state index contributed by atoms with van der Waals surface area (Å²) in [6.45, 7) is 1.21. The number of carbonyl (C=O) groups is 1. The van der Waals surface area contributed by atoms with Crippen LogP contribution >= 0.6 is 11.6 Å². The lowest BCUT2D eigenvalue weighted by Gasteiger charge is -2.36. The van der Waals surface area contributed by atoms with E-state index in [0.717, 1.165) is 24.3 Å². The van der Waals surface area contributed by atoms with Crippen LogP contribution in [0.4, 0.5) is 35.1 Å². The van der Waals surface area contributed by atoms with Crippen LogP contribution in [0.3, 0.4) is 0 Å². The SMILES string of the molecule is Cc1ccc(C(=O)NC(Cc2ccccc2)(c2cc(F)cc(OC(F)(F)C(F)F)c2)c2ccc(Cl)cn2)cc1C(F)(F)F. The van der Waals surface area contributed by atoms with Crippen LogP contribution in [-0.4, -0.2) is 23.4 Å². The summed E-state index contributed by atoms with van der Waals surface area (Å²) in [5, 5.41) is 2.77. The van der Waals surface area contributed by atoms with E-state index in [1.165, 1.54) is 25.3 Å². The van der Waals surface area contributed by atoms with Gasteiger partial charge in [-0.05, 0) is 60.0 Å². The van der Waals surface area contributed by atoms with Gasteiger partial charge < -0.3 is 10.1 Å². The van der Waals surface area contributed by atoms with E-state index in [9.17, 15) is 39.9 Å². The molecule has 1 aromatic heterocycles. The number of nitrogens with zero attached hydrogens (tertiary/aromatic N) is 1. The number of ether oxygens (including phenoxy) is 1. The predicted molar refractivity (Wildman–Crippen MR) is 142 cm³/mol. The van der Waals surface area contributed by atoms with Gasteiger partial charge in [0.05, 0.1) is 16.3 Å². The van der Waals surface area contributed by atoms with Gasteiger partial charge in [0.1, 0.15) is 17.1 Å². The van der Waals surface area contributed by atoms with Gasteiger partial charge in [0.2, 0.25) is 0 Å². The van der Waals surface area contributed by atoms with Crippen LogP contribution in [0.1, 0.15) is 38.3 Å². The summed E-state index contributed by atoms with van der Waals surface area (Å²) in [6.07, 6.45) is -13.1. The van der Waals surface area contributed by atoms with Gasteiger partial charge in [-0.15, -0.1) is 0 Å². The highest BCUT2D eigenvalue weighted by Gasteiger charge is 2.45. The molecule has 0 radical (unpaired) electrons. The van der Waals surface area contributed by atoms with E-state index in [1.54, 1.807) is 30.3 Å². The highest BCUT2D eigenvalue weighted by atomic mass is 35.5. The predicted octanol–water partition coefficient (Wildman–Crippen LogP) is 8.35. The Kier molecular flexibility index (Phi) is 9.00. The normalized spacial score (nSPS) is 13.5. The minimum atomic E-state index is -5.00. The molecule has 226 valence electrons. The van der Waals surface area contributed by atoms with Crippen LogP contribution in [0.2, 0.25) is 5.02 Å². The van der Waals surface area contributed by atoms with E-state index in [4.69, 9.17) is 11.6 Å². The standard InChI is InChI=1S/C30H21ClF8N2O2/c1-17-7-8-19(11-24(17)29(35,36)37)26(42)41-28(15-18-5-3-2-4-6-18,25-10-9-21(31)16-40-25)20-12-22(32)14-23(13-20)43-30(38,39)27(33)34/h2-14,16,27H,15H2,1H3,(H,41,42). The molecule has 43 heavy (non-hydrogen) atoms. The first kappa shape index (κ1) is 31.7. The molecule has 4 nitrogen and oxygen atoms in total. The smallest absolute Gasteiger partial charge is 0.428 e. The Balaban J connectivity index is 1.95. The van der Waals surface area contributed by atoms with Crippen molar-refractivity contribution in [3.63, 3.8) is 0 Å². The van der Waals surface area contributed by atoms with Gasteiger partial charge in [0.15, 0.2) is 0 Å². The van der Waals surface area contributed by atoms with E-state index in [-0.39, 0.29) is 28.3 Å². The summed E-state index contributed by atoms with van der Waals surface area (Å²) in [6, 6.07) is 15.9. The lowest BCUT2D eigenvalue weighted by molar-refractivity contribution is -0.253. The van der Waals surface area contributed by atoms with Crippen molar-refractivity contribution in [3.05, 3.63) is 129 Å². The van der Waals surface area contributed by atoms with Crippen molar-refractivity contribution in [1.82, 2.24) is 10.3 Å². The van der Waals surface area contributed by atoms with Crippen LogP contribution in [0, 0.1) is 12.7 Å². The van der Waals surface area contributed by atoms with Gasteiger partial charge in [-0.25, -0.2) is 4.39 Å². The number of amides is 1. The number of aryl methyl sites for hydroxylation is 1. The second kappa shape index (κ2) is 12.2. The van der Waals surface area contributed by atoms with Crippen LogP contribution in [0.15, 0.2) is 85.1 Å². The Morgan fingerprint density at radius 2 is 1.65 bits per heavy atom. The molecule has 3 aromatic carbocycles. The molecule has 1 unspecified atom stereocenters. The zero-order chi connectivity index (χ0) is 31.6. The lowest BCUT2D eigenvalue weighted by Crippen LogP contribution is -2.49. The molecule has 0 aliphatic carbocycles. The molecule has 0 saturated heterocycles. The maximum absolute atomic E-state index is 15.0. The third-order valence-electron chi connectivity index (χ3n) is 6.48. The highest BCUT2D eigenvalue weighted by Crippen LogP contribution is 2.38. The number of rotatable bonds is 9. The zero-order valence-electron chi connectivity index (χ0n) is 22.0. The monoisotopic (exact) mass is 628 g/mol. The fourth-order valence-corrected chi connectivity index (χ4v) is 4.57. The first-order chi connectivity index (χ1) is 20.1.